The van der Waals surface area contributed by atoms with Crippen molar-refractivity contribution in [2.75, 3.05) is 11.9 Å². The molecule has 1 aliphatic rings. The minimum absolute atomic E-state index is 0.00698. The minimum atomic E-state index is -3.03. The molecule has 0 spiro atoms. The number of hydrogen-bond donors (Lipinski definition) is 1. The number of ether oxygens (including phenoxy) is 1. The summed E-state index contributed by atoms with van der Waals surface area (Å²) < 4.78 is 86.6. The number of hydrogen-bond acceptors (Lipinski definition) is 4. The summed E-state index contributed by atoms with van der Waals surface area (Å²) in [5, 5.41) is 5.84. The Morgan fingerprint density at radius 2 is 2.00 bits per heavy atom. The maximum absolute atomic E-state index is 14.5. The number of nitrogens with zero attached hydrogens (tertiary/aromatic N) is 3. The van der Waals surface area contributed by atoms with E-state index in [1.807, 2.05) is 0 Å². The van der Waals surface area contributed by atoms with Gasteiger partial charge in [-0.05, 0) is 30.7 Å². The lowest BCUT2D eigenvalue weighted by atomic mass is 9.97. The highest BCUT2D eigenvalue weighted by Crippen LogP contribution is 2.41. The molecule has 0 radical (unpaired) electrons. The van der Waals surface area contributed by atoms with Gasteiger partial charge in [0.15, 0.2) is 0 Å². The maximum Gasteiger partial charge on any atom is 0.333 e. The van der Waals surface area contributed by atoms with Crippen molar-refractivity contribution in [2.24, 2.45) is 0 Å². The molecule has 4 rings (SSSR count). The summed E-state index contributed by atoms with van der Waals surface area (Å²) in [6.45, 7) is -3.86. The Labute approximate surface area is 183 Å². The molecule has 0 unspecified atom stereocenters. The lowest BCUT2D eigenvalue weighted by Crippen LogP contribution is -2.31. The number of benzene rings is 1. The number of rotatable bonds is 5. The fourth-order valence-electron chi connectivity index (χ4n) is 3.47. The van der Waals surface area contributed by atoms with Gasteiger partial charge in [0.2, 0.25) is 0 Å². The molecule has 0 aliphatic carbocycles. The van der Waals surface area contributed by atoms with E-state index in [2.05, 4.69) is 15.4 Å². The largest absolute Gasteiger partial charge is 0.366 e. The standard InChI is InChI=1S/C21H16F6N4O2/c22-12-1-2-15(23)14(7-12)13-4-6-28-18(16-3-5-21(26,27)10-33-16)17(13)30-19(32)11-8-29-31(9-11)20(24)25/h1-2,4,6-9,16,20H,3,5,10H2,(H,30,32)/t16-/m1/s1. The normalized spacial score (nSPS) is 17.8. The van der Waals surface area contributed by atoms with Crippen LogP contribution in [0.2, 0.25) is 0 Å². The Bertz CT molecular complexity index is 1170. The SMILES string of the molecule is O=C(Nc1c(-c2cc(F)ccc2F)ccnc1[C@H]1CCC(F)(F)CO1)c1cnn(C(F)F)c1. The Morgan fingerprint density at radius 3 is 2.67 bits per heavy atom. The van der Waals surface area contributed by atoms with E-state index in [1.54, 1.807) is 0 Å². The van der Waals surface area contributed by atoms with Crippen LogP contribution < -0.4 is 5.32 Å². The number of carbonyl (C=O) groups is 1. The molecular formula is C21H16F6N4O2. The zero-order valence-corrected chi connectivity index (χ0v) is 16.7. The van der Waals surface area contributed by atoms with E-state index in [4.69, 9.17) is 4.74 Å². The third-order valence-electron chi connectivity index (χ3n) is 5.07. The predicted octanol–water partition coefficient (Wildman–Crippen LogP) is 5.36. The average molecular weight is 470 g/mol. The van der Waals surface area contributed by atoms with Crippen LogP contribution in [0.25, 0.3) is 11.1 Å². The van der Waals surface area contributed by atoms with E-state index < -0.39 is 49.1 Å². The first-order valence-corrected chi connectivity index (χ1v) is 9.72. The Balaban J connectivity index is 1.77. The van der Waals surface area contributed by atoms with Gasteiger partial charge in [0.25, 0.3) is 11.8 Å². The summed E-state index contributed by atoms with van der Waals surface area (Å²) in [6, 6.07) is 4.00. The highest BCUT2D eigenvalue weighted by Gasteiger charge is 2.38. The quantitative estimate of drug-likeness (QED) is 0.510. The van der Waals surface area contributed by atoms with Crippen molar-refractivity contribution in [3.05, 3.63) is 65.7 Å². The van der Waals surface area contributed by atoms with Gasteiger partial charge in [-0.1, -0.05) is 0 Å². The minimum Gasteiger partial charge on any atom is -0.366 e. The van der Waals surface area contributed by atoms with E-state index in [1.165, 1.54) is 12.3 Å². The van der Waals surface area contributed by atoms with E-state index >= 15 is 0 Å². The number of halogens is 6. The second kappa shape index (κ2) is 8.85. The molecule has 3 heterocycles. The summed E-state index contributed by atoms with van der Waals surface area (Å²) in [6.07, 6.45) is 1.32. The lowest BCUT2D eigenvalue weighted by Gasteiger charge is -2.30. The van der Waals surface area contributed by atoms with Crippen molar-refractivity contribution in [1.82, 2.24) is 14.8 Å². The van der Waals surface area contributed by atoms with Crippen LogP contribution in [-0.4, -0.2) is 33.2 Å². The van der Waals surface area contributed by atoms with Crippen LogP contribution in [0.5, 0.6) is 0 Å². The molecule has 1 amide bonds. The third kappa shape index (κ3) is 4.85. The number of amides is 1. The maximum atomic E-state index is 14.5. The molecule has 1 N–H and O–H groups in total. The van der Waals surface area contributed by atoms with Crippen LogP contribution in [-0.2, 0) is 4.74 Å². The van der Waals surface area contributed by atoms with Gasteiger partial charge in [0.1, 0.15) is 24.3 Å². The highest BCUT2D eigenvalue weighted by atomic mass is 19.3. The van der Waals surface area contributed by atoms with Crippen LogP contribution in [0, 0.1) is 11.6 Å². The number of nitrogens with one attached hydrogen (secondary N) is 1. The fourth-order valence-corrected chi connectivity index (χ4v) is 3.47. The number of carbonyl (C=O) groups excluding carboxylic acids is 1. The Kier molecular flexibility index (Phi) is 6.11. The lowest BCUT2D eigenvalue weighted by molar-refractivity contribution is -0.146. The van der Waals surface area contributed by atoms with E-state index in [0.29, 0.717) is 0 Å². The molecule has 174 valence electrons. The molecule has 1 fully saturated rings. The zero-order chi connectivity index (χ0) is 23.8. The van der Waals surface area contributed by atoms with Crippen molar-refractivity contribution in [1.29, 1.82) is 0 Å². The van der Waals surface area contributed by atoms with Crippen LogP contribution in [0.15, 0.2) is 42.9 Å². The summed E-state index contributed by atoms with van der Waals surface area (Å²) in [7, 11) is 0. The molecule has 6 nitrogen and oxygen atoms in total. The Morgan fingerprint density at radius 1 is 1.21 bits per heavy atom. The topological polar surface area (TPSA) is 69.0 Å². The first-order valence-electron chi connectivity index (χ1n) is 9.72. The molecule has 0 bridgehead atoms. The van der Waals surface area contributed by atoms with Crippen molar-refractivity contribution >= 4 is 11.6 Å². The van der Waals surface area contributed by atoms with Crippen molar-refractivity contribution in [2.45, 2.75) is 31.4 Å². The first kappa shape index (κ1) is 22.8. The van der Waals surface area contributed by atoms with Gasteiger partial charge in [-0.15, -0.1) is 0 Å². The number of pyridine rings is 1. The van der Waals surface area contributed by atoms with Gasteiger partial charge in [0.05, 0.1) is 23.1 Å². The van der Waals surface area contributed by atoms with Gasteiger partial charge in [0, 0.05) is 29.9 Å². The van der Waals surface area contributed by atoms with E-state index in [9.17, 15) is 31.1 Å². The summed E-state index contributed by atoms with van der Waals surface area (Å²) in [5.74, 6) is -5.49. The van der Waals surface area contributed by atoms with Gasteiger partial charge in [-0.2, -0.15) is 13.9 Å². The number of aromatic nitrogens is 3. The molecule has 1 aromatic carbocycles. The highest BCUT2D eigenvalue weighted by molar-refractivity contribution is 6.06. The van der Waals surface area contributed by atoms with E-state index in [-0.39, 0.29) is 39.2 Å². The summed E-state index contributed by atoms with van der Waals surface area (Å²) >= 11 is 0. The van der Waals surface area contributed by atoms with Gasteiger partial charge < -0.3 is 10.1 Å². The van der Waals surface area contributed by atoms with Crippen LogP contribution in [0.1, 0.15) is 41.5 Å². The molecule has 3 aromatic rings. The first-order chi connectivity index (χ1) is 15.6. The van der Waals surface area contributed by atoms with Gasteiger partial charge in [-0.25, -0.2) is 22.2 Å². The Hall–Kier alpha value is -3.41. The monoisotopic (exact) mass is 470 g/mol. The molecule has 1 atom stereocenters. The molecule has 1 aliphatic heterocycles. The van der Waals surface area contributed by atoms with Gasteiger partial charge >= 0.3 is 6.55 Å². The van der Waals surface area contributed by atoms with E-state index in [0.717, 1.165) is 30.6 Å². The third-order valence-corrected chi connectivity index (χ3v) is 5.07. The number of anilines is 1. The molecule has 12 heteroatoms. The van der Waals surface area contributed by atoms with Crippen molar-refractivity contribution in [3.8, 4) is 11.1 Å². The molecule has 0 saturated carbocycles. The summed E-state index contributed by atoms with van der Waals surface area (Å²) in [4.78, 5) is 16.9. The van der Waals surface area contributed by atoms with Crippen LogP contribution >= 0.6 is 0 Å². The van der Waals surface area contributed by atoms with Crippen molar-refractivity contribution < 1.29 is 35.9 Å². The molecule has 33 heavy (non-hydrogen) atoms. The van der Waals surface area contributed by atoms with Crippen molar-refractivity contribution in [3.63, 3.8) is 0 Å². The van der Waals surface area contributed by atoms with Gasteiger partial charge in [-0.3, -0.25) is 9.78 Å². The fraction of sp³-hybridized carbons (Fsp3) is 0.286. The van der Waals surface area contributed by atoms with Crippen LogP contribution in [0.3, 0.4) is 0 Å². The second-order valence-corrected chi connectivity index (χ2v) is 7.38. The average Bonchev–Trinajstić information content (AvgIpc) is 3.27. The zero-order valence-electron chi connectivity index (χ0n) is 16.7. The summed E-state index contributed by atoms with van der Waals surface area (Å²) in [5.41, 5.74) is -0.564. The smallest absolute Gasteiger partial charge is 0.333 e. The molecule has 2 aromatic heterocycles. The second-order valence-electron chi connectivity index (χ2n) is 7.38. The molecule has 1 saturated heterocycles. The van der Waals surface area contributed by atoms with Crippen LogP contribution in [0.4, 0.5) is 32.0 Å². The molecular weight excluding hydrogens is 454 g/mol. The number of alkyl halides is 4. The predicted molar refractivity (Wildman–Crippen MR) is 104 cm³/mol.